The second-order valence-corrected chi connectivity index (χ2v) is 6.33. The summed E-state index contributed by atoms with van der Waals surface area (Å²) in [4.78, 5) is -0.105. The molecule has 18 heavy (non-hydrogen) atoms. The Bertz CT molecular complexity index is 507. The number of halogens is 2. The van der Waals surface area contributed by atoms with E-state index in [1.54, 1.807) is 6.92 Å². The van der Waals surface area contributed by atoms with Crippen molar-refractivity contribution in [2.24, 2.45) is 0 Å². The van der Waals surface area contributed by atoms with Crippen molar-refractivity contribution in [1.29, 1.82) is 0 Å². The predicted molar refractivity (Wildman–Crippen MR) is 70.4 cm³/mol. The average molecular weight is 340 g/mol. The van der Waals surface area contributed by atoms with Gasteiger partial charge in [0.15, 0.2) is 0 Å². The summed E-state index contributed by atoms with van der Waals surface area (Å²) in [7, 11) is -3.72. The van der Waals surface area contributed by atoms with Crippen LogP contribution in [-0.2, 0) is 14.8 Å². The number of benzene rings is 1. The molecule has 0 saturated carbocycles. The highest BCUT2D eigenvalue weighted by Crippen LogP contribution is 2.19. The van der Waals surface area contributed by atoms with E-state index < -0.39 is 15.8 Å². The number of hydrogen-bond acceptors (Lipinski definition) is 3. The molecule has 1 atom stereocenters. The number of ether oxygens (including phenoxy) is 1. The van der Waals surface area contributed by atoms with E-state index in [-0.39, 0.29) is 22.0 Å². The second-order valence-electron chi connectivity index (χ2n) is 3.76. The molecule has 0 bridgehead atoms. The maximum atomic E-state index is 13.3. The minimum Gasteiger partial charge on any atom is -0.380 e. The fourth-order valence-corrected chi connectivity index (χ4v) is 2.79. The van der Waals surface area contributed by atoms with Crippen LogP contribution in [0.3, 0.4) is 0 Å². The van der Waals surface area contributed by atoms with E-state index in [0.29, 0.717) is 6.61 Å². The fraction of sp³-hybridized carbons (Fsp3) is 0.455. The molecular weight excluding hydrogens is 325 g/mol. The van der Waals surface area contributed by atoms with Crippen molar-refractivity contribution in [3.05, 3.63) is 28.5 Å². The highest BCUT2D eigenvalue weighted by atomic mass is 79.9. The van der Waals surface area contributed by atoms with Crippen LogP contribution in [0.4, 0.5) is 4.39 Å². The molecule has 0 aliphatic heterocycles. The molecule has 1 aromatic carbocycles. The molecule has 0 heterocycles. The summed E-state index contributed by atoms with van der Waals surface area (Å²) < 4.78 is 44.9. The summed E-state index contributed by atoms with van der Waals surface area (Å²) in [6, 6.07) is 3.29. The zero-order chi connectivity index (χ0) is 13.8. The van der Waals surface area contributed by atoms with Crippen LogP contribution in [0.5, 0.6) is 0 Å². The van der Waals surface area contributed by atoms with Crippen molar-refractivity contribution in [3.63, 3.8) is 0 Å². The Hall–Kier alpha value is -0.500. The van der Waals surface area contributed by atoms with Crippen LogP contribution in [0.15, 0.2) is 27.6 Å². The van der Waals surface area contributed by atoms with E-state index in [0.717, 1.165) is 6.07 Å². The van der Waals surface area contributed by atoms with E-state index in [2.05, 4.69) is 20.7 Å². The lowest BCUT2D eigenvalue weighted by atomic mass is 10.3. The lowest BCUT2D eigenvalue weighted by Crippen LogP contribution is -2.35. The van der Waals surface area contributed by atoms with Gasteiger partial charge in [0.25, 0.3) is 0 Å². The van der Waals surface area contributed by atoms with E-state index in [9.17, 15) is 12.8 Å². The zero-order valence-corrected chi connectivity index (χ0v) is 12.5. The molecule has 0 aliphatic rings. The predicted octanol–water partition coefficient (Wildman–Crippen LogP) is 2.29. The van der Waals surface area contributed by atoms with Gasteiger partial charge in [0.1, 0.15) is 5.82 Å². The number of rotatable bonds is 6. The third kappa shape index (κ3) is 4.31. The largest absolute Gasteiger partial charge is 0.380 e. The van der Waals surface area contributed by atoms with E-state index in [1.807, 2.05) is 6.92 Å². The smallest absolute Gasteiger partial charge is 0.240 e. The normalized spacial score (nSPS) is 13.6. The molecule has 0 saturated heterocycles. The van der Waals surface area contributed by atoms with Gasteiger partial charge >= 0.3 is 0 Å². The van der Waals surface area contributed by atoms with Gasteiger partial charge in [0.2, 0.25) is 10.0 Å². The van der Waals surface area contributed by atoms with Gasteiger partial charge in [-0.25, -0.2) is 17.5 Å². The Morgan fingerprint density at radius 2 is 2.17 bits per heavy atom. The number of sulfonamides is 1. The minimum absolute atomic E-state index is 0.105. The molecule has 1 aromatic rings. The SMILES string of the molecule is CCOCC(C)NS(=O)(=O)c1ccc(Br)c(F)c1. The maximum absolute atomic E-state index is 13.3. The van der Waals surface area contributed by atoms with Crippen molar-refractivity contribution in [2.75, 3.05) is 13.2 Å². The van der Waals surface area contributed by atoms with Crippen molar-refractivity contribution in [2.45, 2.75) is 24.8 Å². The maximum Gasteiger partial charge on any atom is 0.240 e. The van der Waals surface area contributed by atoms with Crippen LogP contribution in [0.2, 0.25) is 0 Å². The van der Waals surface area contributed by atoms with Gasteiger partial charge in [-0.05, 0) is 48.0 Å². The van der Waals surface area contributed by atoms with Crippen molar-refractivity contribution >= 4 is 26.0 Å². The summed E-state index contributed by atoms with van der Waals surface area (Å²) >= 11 is 2.97. The third-order valence-corrected chi connectivity index (χ3v) is 4.36. The van der Waals surface area contributed by atoms with E-state index in [4.69, 9.17) is 4.74 Å². The standard InChI is InChI=1S/C11H15BrFNO3S/c1-3-17-7-8(2)14-18(15,16)9-4-5-10(12)11(13)6-9/h4-6,8,14H,3,7H2,1-2H3. The summed E-state index contributed by atoms with van der Waals surface area (Å²) in [5.74, 6) is -0.615. The van der Waals surface area contributed by atoms with Crippen LogP contribution >= 0.6 is 15.9 Å². The molecule has 0 amide bonds. The number of nitrogens with one attached hydrogen (secondary N) is 1. The minimum atomic E-state index is -3.72. The van der Waals surface area contributed by atoms with Gasteiger partial charge in [0, 0.05) is 12.6 Å². The molecule has 0 aliphatic carbocycles. The molecule has 1 rings (SSSR count). The Kier molecular flexibility index (Phi) is 5.71. The monoisotopic (exact) mass is 339 g/mol. The quantitative estimate of drug-likeness (QED) is 0.865. The Balaban J connectivity index is 2.83. The van der Waals surface area contributed by atoms with Crippen molar-refractivity contribution in [1.82, 2.24) is 4.72 Å². The molecule has 1 unspecified atom stereocenters. The second kappa shape index (κ2) is 6.60. The van der Waals surface area contributed by atoms with Crippen LogP contribution in [0.25, 0.3) is 0 Å². The molecule has 1 N–H and O–H groups in total. The van der Waals surface area contributed by atoms with Gasteiger partial charge in [-0.2, -0.15) is 0 Å². The number of hydrogen-bond donors (Lipinski definition) is 1. The highest BCUT2D eigenvalue weighted by molar-refractivity contribution is 9.10. The Labute approximate surface area is 115 Å². The molecule has 0 radical (unpaired) electrons. The average Bonchev–Trinajstić information content (AvgIpc) is 2.29. The van der Waals surface area contributed by atoms with Crippen LogP contribution in [0.1, 0.15) is 13.8 Å². The van der Waals surface area contributed by atoms with Crippen LogP contribution < -0.4 is 4.72 Å². The molecular formula is C11H15BrFNO3S. The molecule has 0 aromatic heterocycles. The topological polar surface area (TPSA) is 55.4 Å². The van der Waals surface area contributed by atoms with Crippen molar-refractivity contribution in [3.8, 4) is 0 Å². The van der Waals surface area contributed by atoms with Crippen LogP contribution in [0, 0.1) is 5.82 Å². The summed E-state index contributed by atoms with van der Waals surface area (Å²) in [5.41, 5.74) is 0. The Morgan fingerprint density at radius 1 is 1.50 bits per heavy atom. The summed E-state index contributed by atoms with van der Waals surface area (Å²) in [6.07, 6.45) is 0. The first-order valence-corrected chi connectivity index (χ1v) is 7.69. The van der Waals surface area contributed by atoms with Gasteiger partial charge in [-0.1, -0.05) is 0 Å². The molecule has 0 fully saturated rings. The summed E-state index contributed by atoms with van der Waals surface area (Å²) in [5, 5.41) is 0. The lowest BCUT2D eigenvalue weighted by Gasteiger charge is -2.14. The molecule has 7 heteroatoms. The van der Waals surface area contributed by atoms with Crippen molar-refractivity contribution < 1.29 is 17.5 Å². The van der Waals surface area contributed by atoms with Crippen LogP contribution in [-0.4, -0.2) is 27.7 Å². The highest BCUT2D eigenvalue weighted by Gasteiger charge is 2.18. The molecule has 4 nitrogen and oxygen atoms in total. The fourth-order valence-electron chi connectivity index (χ4n) is 1.31. The van der Waals surface area contributed by atoms with Gasteiger partial charge < -0.3 is 4.74 Å². The first kappa shape index (κ1) is 15.6. The van der Waals surface area contributed by atoms with Gasteiger partial charge in [0.05, 0.1) is 16.0 Å². The molecule has 102 valence electrons. The van der Waals surface area contributed by atoms with E-state index in [1.165, 1.54) is 12.1 Å². The first-order chi connectivity index (χ1) is 8.36. The van der Waals surface area contributed by atoms with Gasteiger partial charge in [-0.3, -0.25) is 0 Å². The molecule has 0 spiro atoms. The third-order valence-electron chi connectivity index (χ3n) is 2.13. The zero-order valence-electron chi connectivity index (χ0n) is 10.1. The lowest BCUT2D eigenvalue weighted by molar-refractivity contribution is 0.133. The Morgan fingerprint density at radius 3 is 2.72 bits per heavy atom. The van der Waals surface area contributed by atoms with Gasteiger partial charge in [-0.15, -0.1) is 0 Å². The van der Waals surface area contributed by atoms with E-state index >= 15 is 0 Å². The summed E-state index contributed by atoms with van der Waals surface area (Å²) in [6.45, 7) is 4.29. The first-order valence-electron chi connectivity index (χ1n) is 5.42.